The van der Waals surface area contributed by atoms with E-state index in [4.69, 9.17) is 9.47 Å². The van der Waals surface area contributed by atoms with Crippen LogP contribution in [0, 0.1) is 0 Å². The van der Waals surface area contributed by atoms with Crippen LogP contribution in [0.4, 0.5) is 0 Å². The fourth-order valence-electron chi connectivity index (χ4n) is 5.05. The fraction of sp³-hybridized carbons (Fsp3) is 0.667. The van der Waals surface area contributed by atoms with Gasteiger partial charge in [0.2, 0.25) is 11.8 Å². The van der Waals surface area contributed by atoms with Gasteiger partial charge < -0.3 is 20.1 Å². The Bertz CT molecular complexity index is 783. The van der Waals surface area contributed by atoms with Crippen LogP contribution in [0.5, 0.6) is 11.5 Å². The number of benzene rings is 1. The molecule has 1 aromatic carbocycles. The highest BCUT2D eigenvalue weighted by molar-refractivity contribution is 5.89. The molecule has 2 heterocycles. The quantitative estimate of drug-likeness (QED) is 0.696. The largest absolute Gasteiger partial charge is 0.486 e. The molecule has 2 fully saturated rings. The molecule has 0 bridgehead atoms. The number of nitrogens with zero attached hydrogens (tertiary/aromatic N) is 1. The highest BCUT2D eigenvalue weighted by Gasteiger charge is 2.44. The number of rotatable bonds is 7. The van der Waals surface area contributed by atoms with Crippen LogP contribution in [0.2, 0.25) is 0 Å². The summed E-state index contributed by atoms with van der Waals surface area (Å²) < 4.78 is 11.4. The Labute approximate surface area is 184 Å². The predicted octanol–water partition coefficient (Wildman–Crippen LogP) is 2.38. The van der Waals surface area contributed by atoms with Crippen molar-refractivity contribution in [1.29, 1.82) is 0 Å². The molecular formula is C24H35N3O4. The van der Waals surface area contributed by atoms with Gasteiger partial charge in [0.05, 0.1) is 12.0 Å². The molecule has 31 heavy (non-hydrogen) atoms. The zero-order valence-corrected chi connectivity index (χ0v) is 18.6. The van der Waals surface area contributed by atoms with E-state index in [-0.39, 0.29) is 17.9 Å². The summed E-state index contributed by atoms with van der Waals surface area (Å²) in [6.07, 6.45) is 6.57. The van der Waals surface area contributed by atoms with Gasteiger partial charge in [-0.05, 0) is 49.8 Å². The number of piperidine rings is 1. The maximum Gasteiger partial charge on any atom is 0.234 e. The van der Waals surface area contributed by atoms with Gasteiger partial charge in [-0.25, -0.2) is 0 Å². The van der Waals surface area contributed by atoms with Crippen molar-refractivity contribution in [2.75, 3.05) is 39.4 Å². The molecule has 2 aliphatic heterocycles. The average molecular weight is 430 g/mol. The first-order valence-electron chi connectivity index (χ1n) is 11.8. The van der Waals surface area contributed by atoms with Gasteiger partial charge in [0.25, 0.3) is 0 Å². The van der Waals surface area contributed by atoms with Gasteiger partial charge in [0.1, 0.15) is 13.2 Å². The minimum atomic E-state index is -0.479. The van der Waals surface area contributed by atoms with E-state index in [1.807, 2.05) is 18.2 Å². The third-order valence-electron chi connectivity index (χ3n) is 6.85. The minimum absolute atomic E-state index is 0.0906. The lowest BCUT2D eigenvalue weighted by Crippen LogP contribution is -2.51. The van der Waals surface area contributed by atoms with Gasteiger partial charge in [0, 0.05) is 25.7 Å². The summed E-state index contributed by atoms with van der Waals surface area (Å²) in [4.78, 5) is 27.7. The maximum absolute atomic E-state index is 13.5. The number of likely N-dealkylation sites (tertiary alicyclic amines) is 1. The molecule has 2 amide bonds. The first kappa shape index (κ1) is 21.9. The summed E-state index contributed by atoms with van der Waals surface area (Å²) in [5.41, 5.74) is 0.560. The zero-order chi connectivity index (χ0) is 21.7. The van der Waals surface area contributed by atoms with Gasteiger partial charge in [-0.2, -0.15) is 0 Å². The van der Waals surface area contributed by atoms with E-state index in [9.17, 15) is 9.59 Å². The van der Waals surface area contributed by atoms with E-state index in [1.54, 1.807) is 0 Å². The van der Waals surface area contributed by atoms with Crippen molar-refractivity contribution in [3.05, 3.63) is 23.8 Å². The lowest BCUT2D eigenvalue weighted by atomic mass is 9.77. The van der Waals surface area contributed by atoms with E-state index in [0.717, 1.165) is 81.6 Å². The SMILES string of the molecule is CCCNC(=O)CN1CCC(NC(=O)C2(c3ccc4c(c3)OCCO4)CCCC2)CC1. The molecule has 2 N–H and O–H groups in total. The molecule has 7 heteroatoms. The predicted molar refractivity (Wildman–Crippen MR) is 118 cm³/mol. The van der Waals surface area contributed by atoms with Crippen molar-refractivity contribution in [1.82, 2.24) is 15.5 Å². The van der Waals surface area contributed by atoms with Crippen molar-refractivity contribution < 1.29 is 19.1 Å². The van der Waals surface area contributed by atoms with Crippen LogP contribution < -0.4 is 20.1 Å². The highest BCUT2D eigenvalue weighted by Crippen LogP contribution is 2.44. The van der Waals surface area contributed by atoms with Crippen LogP contribution >= 0.6 is 0 Å². The maximum atomic E-state index is 13.5. The van der Waals surface area contributed by atoms with E-state index in [2.05, 4.69) is 22.5 Å². The molecular weight excluding hydrogens is 394 g/mol. The van der Waals surface area contributed by atoms with Crippen LogP contribution in [0.3, 0.4) is 0 Å². The molecule has 170 valence electrons. The molecule has 0 radical (unpaired) electrons. The summed E-state index contributed by atoms with van der Waals surface area (Å²) >= 11 is 0. The zero-order valence-electron chi connectivity index (χ0n) is 18.6. The lowest BCUT2D eigenvalue weighted by Gasteiger charge is -2.35. The van der Waals surface area contributed by atoms with Gasteiger partial charge in [-0.1, -0.05) is 25.8 Å². The third kappa shape index (κ3) is 4.97. The van der Waals surface area contributed by atoms with Gasteiger partial charge >= 0.3 is 0 Å². The number of ether oxygens (including phenoxy) is 2. The Hall–Kier alpha value is -2.28. The minimum Gasteiger partial charge on any atom is -0.486 e. The van der Waals surface area contributed by atoms with Crippen LogP contribution in [-0.4, -0.2) is 62.1 Å². The van der Waals surface area contributed by atoms with Crippen LogP contribution in [0.15, 0.2) is 18.2 Å². The first-order valence-corrected chi connectivity index (χ1v) is 11.8. The Morgan fingerprint density at radius 3 is 2.52 bits per heavy atom. The molecule has 0 aromatic heterocycles. The number of fused-ring (bicyclic) bond motifs is 1. The van der Waals surface area contributed by atoms with E-state index >= 15 is 0 Å². The molecule has 4 rings (SSSR count). The normalized spacial score (nSPS) is 20.9. The average Bonchev–Trinajstić information content (AvgIpc) is 3.30. The van der Waals surface area contributed by atoms with Crippen molar-refractivity contribution in [3.63, 3.8) is 0 Å². The lowest BCUT2D eigenvalue weighted by molar-refractivity contribution is -0.128. The molecule has 1 aliphatic carbocycles. The first-order chi connectivity index (χ1) is 15.1. The topological polar surface area (TPSA) is 79.9 Å². The number of nitrogens with one attached hydrogen (secondary N) is 2. The molecule has 0 atom stereocenters. The fourth-order valence-corrected chi connectivity index (χ4v) is 5.05. The van der Waals surface area contributed by atoms with Gasteiger partial charge in [-0.3, -0.25) is 14.5 Å². The number of carbonyl (C=O) groups is 2. The smallest absolute Gasteiger partial charge is 0.234 e. The number of hydrogen-bond donors (Lipinski definition) is 2. The molecule has 1 aromatic rings. The van der Waals surface area contributed by atoms with Crippen molar-refractivity contribution in [2.24, 2.45) is 0 Å². The summed E-state index contributed by atoms with van der Waals surface area (Å²) in [7, 11) is 0. The molecule has 3 aliphatic rings. The Morgan fingerprint density at radius 2 is 1.81 bits per heavy atom. The highest BCUT2D eigenvalue weighted by atomic mass is 16.6. The van der Waals surface area contributed by atoms with Gasteiger partial charge in [0.15, 0.2) is 11.5 Å². The molecule has 0 spiro atoms. The molecule has 1 saturated heterocycles. The number of hydrogen-bond acceptors (Lipinski definition) is 5. The van der Waals surface area contributed by atoms with Crippen LogP contribution in [0.25, 0.3) is 0 Å². The second-order valence-electron chi connectivity index (χ2n) is 9.02. The van der Waals surface area contributed by atoms with E-state index in [0.29, 0.717) is 19.8 Å². The molecule has 7 nitrogen and oxygen atoms in total. The van der Waals surface area contributed by atoms with Crippen LogP contribution in [0.1, 0.15) is 57.4 Å². The summed E-state index contributed by atoms with van der Waals surface area (Å²) in [6.45, 7) is 6.01. The van der Waals surface area contributed by atoms with E-state index < -0.39 is 5.41 Å². The number of carbonyl (C=O) groups excluding carboxylic acids is 2. The van der Waals surface area contributed by atoms with Crippen LogP contribution in [-0.2, 0) is 15.0 Å². The van der Waals surface area contributed by atoms with Crippen molar-refractivity contribution in [3.8, 4) is 11.5 Å². The summed E-state index contributed by atoms with van der Waals surface area (Å²) in [5, 5.41) is 6.29. The Kier molecular flexibility index (Phi) is 7.00. The summed E-state index contributed by atoms with van der Waals surface area (Å²) in [6, 6.07) is 6.16. The van der Waals surface area contributed by atoms with E-state index in [1.165, 1.54) is 0 Å². The monoisotopic (exact) mass is 429 g/mol. The second kappa shape index (κ2) is 9.90. The van der Waals surface area contributed by atoms with Gasteiger partial charge in [-0.15, -0.1) is 0 Å². The molecule has 1 saturated carbocycles. The molecule has 0 unspecified atom stereocenters. The van der Waals surface area contributed by atoms with Crippen molar-refractivity contribution >= 4 is 11.8 Å². The summed E-state index contributed by atoms with van der Waals surface area (Å²) in [5.74, 6) is 1.74. The van der Waals surface area contributed by atoms with Crippen molar-refractivity contribution in [2.45, 2.75) is 63.3 Å². The third-order valence-corrected chi connectivity index (χ3v) is 6.85. The second-order valence-corrected chi connectivity index (χ2v) is 9.02. The number of amides is 2. The standard InChI is InChI=1S/C24H35N3O4/c1-2-11-25-22(28)17-27-12-7-19(8-13-27)26-23(29)24(9-3-4-10-24)18-5-6-20-21(16-18)31-15-14-30-20/h5-6,16,19H,2-4,7-15,17H2,1H3,(H,25,28)(H,26,29). The Morgan fingerprint density at radius 1 is 1.10 bits per heavy atom. The Balaban J connectivity index is 1.36.